The van der Waals surface area contributed by atoms with Gasteiger partial charge in [-0.1, -0.05) is 6.92 Å². The minimum atomic E-state index is -0.953. The van der Waals surface area contributed by atoms with Crippen molar-refractivity contribution in [1.82, 2.24) is 4.98 Å². The number of anilines is 1. The molecule has 2 N–H and O–H groups in total. The van der Waals surface area contributed by atoms with E-state index < -0.39 is 5.97 Å². The van der Waals surface area contributed by atoms with Crippen LogP contribution in [0.25, 0.3) is 0 Å². The Morgan fingerprint density at radius 1 is 1.53 bits per heavy atom. The Morgan fingerprint density at radius 3 is 2.89 bits per heavy atom. The fourth-order valence-electron chi connectivity index (χ4n) is 1.80. The molecule has 2 rings (SSSR count). The highest BCUT2D eigenvalue weighted by Crippen LogP contribution is 2.19. The highest BCUT2D eigenvalue weighted by molar-refractivity contribution is 5.88. The van der Waals surface area contributed by atoms with E-state index in [1.165, 1.54) is 6.07 Å². The number of carboxylic acids is 1. The summed E-state index contributed by atoms with van der Waals surface area (Å²) in [5, 5.41) is 12.2. The van der Waals surface area contributed by atoms with Gasteiger partial charge in [0, 0.05) is 5.69 Å². The first-order valence-corrected chi connectivity index (χ1v) is 6.14. The van der Waals surface area contributed by atoms with Gasteiger partial charge in [0.05, 0.1) is 17.9 Å². The number of hydrogen-bond donors (Lipinski definition) is 2. The topological polar surface area (TPSA) is 75.4 Å². The van der Waals surface area contributed by atoms with Gasteiger partial charge >= 0.3 is 5.97 Å². The lowest BCUT2D eigenvalue weighted by molar-refractivity contribution is 0.0696. The molecule has 0 amide bonds. The molecular weight excluding hydrogens is 244 g/mol. The van der Waals surface area contributed by atoms with E-state index in [1.807, 2.05) is 26.0 Å². The normalized spacial score (nSPS) is 12.1. The Morgan fingerprint density at radius 2 is 2.32 bits per heavy atom. The summed E-state index contributed by atoms with van der Waals surface area (Å²) in [6.07, 6.45) is 2.29. The molecule has 2 aromatic heterocycles. The van der Waals surface area contributed by atoms with Gasteiger partial charge in [-0.25, -0.2) is 9.78 Å². The molecule has 5 heteroatoms. The van der Waals surface area contributed by atoms with E-state index >= 15 is 0 Å². The van der Waals surface area contributed by atoms with Crippen molar-refractivity contribution in [3.05, 3.63) is 47.5 Å². The van der Waals surface area contributed by atoms with E-state index in [0.29, 0.717) is 12.2 Å². The average Bonchev–Trinajstić information content (AvgIpc) is 2.92. The number of aromatic nitrogens is 1. The number of furan rings is 1. The smallest absolute Gasteiger partial charge is 0.335 e. The van der Waals surface area contributed by atoms with E-state index in [4.69, 9.17) is 9.52 Å². The third-order valence-corrected chi connectivity index (χ3v) is 2.82. The van der Waals surface area contributed by atoms with Crippen LogP contribution in [0.5, 0.6) is 0 Å². The summed E-state index contributed by atoms with van der Waals surface area (Å²) < 4.78 is 5.30. The van der Waals surface area contributed by atoms with Crippen LogP contribution in [0.15, 0.2) is 34.9 Å². The summed E-state index contributed by atoms with van der Waals surface area (Å²) in [5.41, 5.74) is 0.982. The number of pyridine rings is 1. The molecule has 0 spiro atoms. The van der Waals surface area contributed by atoms with E-state index in [-0.39, 0.29) is 11.6 Å². The molecule has 19 heavy (non-hydrogen) atoms. The molecule has 100 valence electrons. The summed E-state index contributed by atoms with van der Waals surface area (Å²) in [5.74, 6) is 0.368. The number of rotatable bonds is 5. The second-order valence-corrected chi connectivity index (χ2v) is 4.27. The van der Waals surface area contributed by atoms with Crippen LogP contribution in [0.2, 0.25) is 0 Å². The molecule has 0 aliphatic heterocycles. The lowest BCUT2D eigenvalue weighted by Gasteiger charge is -2.13. The summed E-state index contributed by atoms with van der Waals surface area (Å²) in [4.78, 5) is 15.4. The van der Waals surface area contributed by atoms with Gasteiger partial charge < -0.3 is 14.8 Å². The molecule has 0 bridgehead atoms. The van der Waals surface area contributed by atoms with E-state index in [2.05, 4.69) is 10.3 Å². The van der Waals surface area contributed by atoms with Crippen LogP contribution < -0.4 is 5.32 Å². The maximum atomic E-state index is 11.1. The first-order chi connectivity index (χ1) is 9.10. The van der Waals surface area contributed by atoms with Gasteiger partial charge in [-0.2, -0.15) is 0 Å². The van der Waals surface area contributed by atoms with Crippen molar-refractivity contribution in [2.45, 2.75) is 26.3 Å². The lowest BCUT2D eigenvalue weighted by Crippen LogP contribution is -2.09. The first-order valence-electron chi connectivity index (χ1n) is 6.14. The van der Waals surface area contributed by atoms with Crippen LogP contribution in [0.4, 0.5) is 5.82 Å². The molecule has 0 radical (unpaired) electrons. The van der Waals surface area contributed by atoms with Gasteiger partial charge in [0.1, 0.15) is 11.6 Å². The second-order valence-electron chi connectivity index (χ2n) is 4.27. The molecule has 0 aliphatic carbocycles. The van der Waals surface area contributed by atoms with E-state index in [9.17, 15) is 4.79 Å². The molecule has 0 saturated carbocycles. The SMILES string of the molecule is CCc1cc(C(=O)O)cc(NC(C)c2ccco2)n1. The van der Waals surface area contributed by atoms with E-state index in [0.717, 1.165) is 11.5 Å². The Balaban J connectivity index is 2.24. The Bertz CT molecular complexity index is 564. The fraction of sp³-hybridized carbons (Fsp3) is 0.286. The quantitative estimate of drug-likeness (QED) is 0.863. The molecule has 0 fully saturated rings. The van der Waals surface area contributed by atoms with Crippen LogP contribution in [-0.4, -0.2) is 16.1 Å². The second kappa shape index (κ2) is 5.56. The largest absolute Gasteiger partial charge is 0.478 e. The number of nitrogens with zero attached hydrogens (tertiary/aromatic N) is 1. The molecule has 0 aliphatic rings. The highest BCUT2D eigenvalue weighted by Gasteiger charge is 2.12. The predicted molar refractivity (Wildman–Crippen MR) is 71.3 cm³/mol. The first kappa shape index (κ1) is 13.1. The van der Waals surface area contributed by atoms with Crippen molar-refractivity contribution < 1.29 is 14.3 Å². The van der Waals surface area contributed by atoms with Gasteiger partial charge in [-0.15, -0.1) is 0 Å². The maximum Gasteiger partial charge on any atom is 0.335 e. The zero-order valence-electron chi connectivity index (χ0n) is 10.9. The van der Waals surface area contributed by atoms with Gasteiger partial charge in [0.15, 0.2) is 0 Å². The van der Waals surface area contributed by atoms with E-state index in [1.54, 1.807) is 12.3 Å². The number of carbonyl (C=O) groups is 1. The van der Waals surface area contributed by atoms with Crippen LogP contribution in [0, 0.1) is 0 Å². The molecular formula is C14H16N2O3. The molecule has 0 aromatic carbocycles. The van der Waals surface area contributed by atoms with Crippen LogP contribution in [0.1, 0.15) is 41.7 Å². The molecule has 2 aromatic rings. The number of aryl methyl sites for hydroxylation is 1. The third kappa shape index (κ3) is 3.13. The van der Waals surface area contributed by atoms with Crippen molar-refractivity contribution in [1.29, 1.82) is 0 Å². The Kier molecular flexibility index (Phi) is 3.85. The summed E-state index contributed by atoms with van der Waals surface area (Å²) >= 11 is 0. The van der Waals surface area contributed by atoms with Gasteiger partial charge in [0.25, 0.3) is 0 Å². The fourth-order valence-corrected chi connectivity index (χ4v) is 1.80. The van der Waals surface area contributed by atoms with Crippen molar-refractivity contribution in [3.63, 3.8) is 0 Å². The van der Waals surface area contributed by atoms with Crippen LogP contribution >= 0.6 is 0 Å². The average molecular weight is 260 g/mol. The van der Waals surface area contributed by atoms with Crippen molar-refractivity contribution in [3.8, 4) is 0 Å². The minimum absolute atomic E-state index is 0.0729. The molecule has 1 atom stereocenters. The number of nitrogens with one attached hydrogen (secondary N) is 1. The van der Waals surface area contributed by atoms with Crippen molar-refractivity contribution in [2.24, 2.45) is 0 Å². The Hall–Kier alpha value is -2.30. The summed E-state index contributed by atoms with van der Waals surface area (Å²) in [7, 11) is 0. The Labute approximate surface area is 111 Å². The number of hydrogen-bond acceptors (Lipinski definition) is 4. The summed E-state index contributed by atoms with van der Waals surface area (Å²) in [6, 6.07) is 6.72. The highest BCUT2D eigenvalue weighted by atomic mass is 16.4. The minimum Gasteiger partial charge on any atom is -0.478 e. The van der Waals surface area contributed by atoms with Gasteiger partial charge in [0.2, 0.25) is 0 Å². The van der Waals surface area contributed by atoms with Crippen LogP contribution in [0.3, 0.4) is 0 Å². The third-order valence-electron chi connectivity index (χ3n) is 2.82. The lowest BCUT2D eigenvalue weighted by atomic mass is 10.2. The van der Waals surface area contributed by atoms with Gasteiger partial charge in [-0.3, -0.25) is 0 Å². The monoisotopic (exact) mass is 260 g/mol. The standard InChI is InChI=1S/C14H16N2O3/c1-3-11-7-10(14(17)18)8-13(16-11)15-9(2)12-5-4-6-19-12/h4-9H,3H2,1-2H3,(H,15,16)(H,17,18). The van der Waals surface area contributed by atoms with Crippen LogP contribution in [-0.2, 0) is 6.42 Å². The van der Waals surface area contributed by atoms with Crippen molar-refractivity contribution >= 4 is 11.8 Å². The summed E-state index contributed by atoms with van der Waals surface area (Å²) in [6.45, 7) is 3.87. The molecule has 2 heterocycles. The maximum absolute atomic E-state index is 11.1. The van der Waals surface area contributed by atoms with Crippen molar-refractivity contribution in [2.75, 3.05) is 5.32 Å². The van der Waals surface area contributed by atoms with Gasteiger partial charge in [-0.05, 0) is 37.6 Å². The molecule has 1 unspecified atom stereocenters. The number of aromatic carboxylic acids is 1. The zero-order chi connectivity index (χ0) is 13.8. The molecule has 5 nitrogen and oxygen atoms in total. The zero-order valence-corrected chi connectivity index (χ0v) is 10.9. The predicted octanol–water partition coefficient (Wildman–Crippen LogP) is 3.11. The molecule has 0 saturated heterocycles. The number of carboxylic acid groups (broad SMARTS) is 1.